The lowest BCUT2D eigenvalue weighted by molar-refractivity contribution is -0.141. The second-order valence-corrected chi connectivity index (χ2v) is 7.35. The monoisotopic (exact) mass is 392 g/mol. The first-order chi connectivity index (χ1) is 12.7. The number of hydrogen-bond donors (Lipinski definition) is 0. The lowest BCUT2D eigenvalue weighted by Crippen LogP contribution is -2.19. The normalized spacial score (nSPS) is 11.8. The summed E-state index contributed by atoms with van der Waals surface area (Å²) < 4.78 is 40.5. The molecule has 0 unspecified atom stereocenters. The Morgan fingerprint density at radius 1 is 1.00 bits per heavy atom. The van der Waals surface area contributed by atoms with E-state index in [0.717, 1.165) is 21.3 Å². The van der Waals surface area contributed by atoms with Crippen LogP contribution in [-0.4, -0.2) is 25.9 Å². The highest BCUT2D eigenvalue weighted by atomic mass is 32.2. The first-order valence-electron chi connectivity index (χ1n) is 8.34. The lowest BCUT2D eigenvalue weighted by atomic mass is 10.0. The van der Waals surface area contributed by atoms with Crippen LogP contribution in [0, 0.1) is 20.8 Å². The van der Waals surface area contributed by atoms with Crippen LogP contribution < -0.4 is 0 Å². The van der Waals surface area contributed by atoms with Crippen LogP contribution in [0.1, 0.15) is 22.3 Å². The minimum Gasteiger partial charge on any atom is -0.293 e. The zero-order valence-corrected chi connectivity index (χ0v) is 16.0. The molecule has 0 radical (unpaired) electrons. The van der Waals surface area contributed by atoms with E-state index in [0.29, 0.717) is 11.3 Å². The van der Waals surface area contributed by atoms with Gasteiger partial charge in [0.1, 0.15) is 6.54 Å². The van der Waals surface area contributed by atoms with E-state index in [9.17, 15) is 13.2 Å². The van der Waals surface area contributed by atoms with Crippen molar-refractivity contribution >= 4 is 11.8 Å². The highest BCUT2D eigenvalue weighted by molar-refractivity contribution is 7.98. The van der Waals surface area contributed by atoms with Gasteiger partial charge < -0.3 is 0 Å². The molecule has 27 heavy (non-hydrogen) atoms. The van der Waals surface area contributed by atoms with Crippen molar-refractivity contribution in [2.24, 2.45) is 0 Å². The third-order valence-electron chi connectivity index (χ3n) is 4.18. The fourth-order valence-electron chi connectivity index (χ4n) is 3.01. The number of benzene rings is 1. The number of nitrogens with zero attached hydrogens (tertiary/aromatic N) is 4. The number of halogens is 3. The van der Waals surface area contributed by atoms with Crippen LogP contribution in [0.3, 0.4) is 0 Å². The van der Waals surface area contributed by atoms with Crippen LogP contribution in [0.4, 0.5) is 13.2 Å². The molecule has 0 saturated carbocycles. The fraction of sp³-hybridized carbons (Fsp3) is 0.316. The molecule has 0 bridgehead atoms. The van der Waals surface area contributed by atoms with Gasteiger partial charge in [0.25, 0.3) is 0 Å². The minimum atomic E-state index is -4.37. The number of alkyl halides is 3. The Kier molecular flexibility index (Phi) is 5.55. The summed E-state index contributed by atoms with van der Waals surface area (Å²) in [6, 6.07) is 7.40. The molecule has 0 aliphatic carbocycles. The van der Waals surface area contributed by atoms with Gasteiger partial charge in [-0.15, -0.1) is 10.2 Å². The van der Waals surface area contributed by atoms with Crippen LogP contribution in [0.2, 0.25) is 0 Å². The van der Waals surface area contributed by atoms with Crippen LogP contribution in [0.15, 0.2) is 41.8 Å². The van der Waals surface area contributed by atoms with Crippen molar-refractivity contribution < 1.29 is 13.2 Å². The average molecular weight is 392 g/mol. The first-order valence-corrected chi connectivity index (χ1v) is 9.33. The molecular formula is C19H19F3N4S. The van der Waals surface area contributed by atoms with Crippen molar-refractivity contribution in [3.8, 4) is 11.4 Å². The summed E-state index contributed by atoms with van der Waals surface area (Å²) in [7, 11) is 0. The molecule has 0 spiro atoms. The van der Waals surface area contributed by atoms with E-state index in [4.69, 9.17) is 0 Å². The Morgan fingerprint density at radius 2 is 1.63 bits per heavy atom. The van der Waals surface area contributed by atoms with Gasteiger partial charge in [-0.05, 0) is 49.6 Å². The quantitative estimate of drug-likeness (QED) is 0.565. The maximum Gasteiger partial charge on any atom is 0.406 e. The molecule has 4 nitrogen and oxygen atoms in total. The molecule has 2 heterocycles. The number of thioether (sulfide) groups is 1. The highest BCUT2D eigenvalue weighted by Crippen LogP contribution is 2.31. The molecule has 3 rings (SSSR count). The van der Waals surface area contributed by atoms with Crippen molar-refractivity contribution in [1.29, 1.82) is 0 Å². The van der Waals surface area contributed by atoms with Gasteiger partial charge in [-0.25, -0.2) is 0 Å². The second kappa shape index (κ2) is 7.72. The van der Waals surface area contributed by atoms with E-state index < -0.39 is 12.7 Å². The van der Waals surface area contributed by atoms with Gasteiger partial charge >= 0.3 is 6.18 Å². The Balaban J connectivity index is 1.93. The van der Waals surface area contributed by atoms with Gasteiger partial charge in [-0.2, -0.15) is 13.2 Å². The van der Waals surface area contributed by atoms with Crippen molar-refractivity contribution in [3.05, 3.63) is 58.9 Å². The number of aromatic nitrogens is 4. The molecule has 0 fully saturated rings. The van der Waals surface area contributed by atoms with Gasteiger partial charge in [0.05, 0.1) is 0 Å². The summed E-state index contributed by atoms with van der Waals surface area (Å²) >= 11 is 1.26. The van der Waals surface area contributed by atoms with E-state index in [2.05, 4.69) is 27.3 Å². The number of pyridine rings is 1. The van der Waals surface area contributed by atoms with Gasteiger partial charge in [0.2, 0.25) is 0 Å². The van der Waals surface area contributed by atoms with E-state index in [-0.39, 0.29) is 11.0 Å². The first kappa shape index (κ1) is 19.4. The summed E-state index contributed by atoms with van der Waals surface area (Å²) in [6.07, 6.45) is -1.32. The molecule has 0 aliphatic rings. The Labute approximate surface area is 159 Å². The number of hydrogen-bond acceptors (Lipinski definition) is 4. The van der Waals surface area contributed by atoms with Crippen LogP contribution in [0.5, 0.6) is 0 Å². The zero-order chi connectivity index (χ0) is 19.6. The Morgan fingerprint density at radius 3 is 2.22 bits per heavy atom. The summed E-state index contributed by atoms with van der Waals surface area (Å²) in [5.74, 6) is 0.721. The number of rotatable bonds is 5. The predicted octanol–water partition coefficient (Wildman–Crippen LogP) is 5.12. The minimum absolute atomic E-state index is 0.189. The molecule has 0 atom stereocenters. The van der Waals surface area contributed by atoms with Crippen LogP contribution in [-0.2, 0) is 12.3 Å². The molecule has 2 aromatic heterocycles. The molecular weight excluding hydrogens is 373 g/mol. The lowest BCUT2D eigenvalue weighted by Gasteiger charge is -2.14. The molecule has 142 valence electrons. The molecule has 1 aromatic carbocycles. The van der Waals surface area contributed by atoms with Crippen molar-refractivity contribution in [2.45, 2.75) is 44.4 Å². The molecule has 0 saturated heterocycles. The van der Waals surface area contributed by atoms with Crippen molar-refractivity contribution in [1.82, 2.24) is 19.7 Å². The predicted molar refractivity (Wildman–Crippen MR) is 99.5 cm³/mol. The topological polar surface area (TPSA) is 43.6 Å². The van der Waals surface area contributed by atoms with Crippen LogP contribution >= 0.6 is 11.8 Å². The largest absolute Gasteiger partial charge is 0.406 e. The van der Waals surface area contributed by atoms with Crippen molar-refractivity contribution in [2.75, 3.05) is 0 Å². The summed E-state index contributed by atoms with van der Waals surface area (Å²) in [6.45, 7) is 4.92. The molecule has 3 aromatic rings. The second-order valence-electron chi connectivity index (χ2n) is 6.41. The maximum absolute atomic E-state index is 13.1. The summed E-state index contributed by atoms with van der Waals surface area (Å²) in [5, 5.41) is 8.28. The van der Waals surface area contributed by atoms with E-state index in [1.54, 1.807) is 12.1 Å². The van der Waals surface area contributed by atoms with E-state index >= 15 is 0 Å². The highest BCUT2D eigenvalue weighted by Gasteiger charge is 2.31. The standard InChI is InChI=1S/C19H19F3N4S/c1-12-8-13(2)16(14(3)9-12)10-27-18-25-24-17(15-4-6-23-7-5-15)26(18)11-19(20,21)22/h4-9H,10-11H2,1-3H3. The fourth-order valence-corrected chi connectivity index (χ4v) is 4.14. The van der Waals surface area contributed by atoms with E-state index in [1.165, 1.54) is 29.7 Å². The SMILES string of the molecule is Cc1cc(C)c(CSc2nnc(-c3ccncc3)n2CC(F)(F)F)c(C)c1. The van der Waals surface area contributed by atoms with Gasteiger partial charge in [-0.3, -0.25) is 9.55 Å². The average Bonchev–Trinajstić information content (AvgIpc) is 2.95. The van der Waals surface area contributed by atoms with E-state index in [1.807, 2.05) is 20.8 Å². The van der Waals surface area contributed by atoms with Gasteiger partial charge in [0, 0.05) is 23.7 Å². The molecule has 0 aliphatic heterocycles. The molecule has 8 heteroatoms. The van der Waals surface area contributed by atoms with Gasteiger partial charge in [0.15, 0.2) is 11.0 Å². The Bertz CT molecular complexity index is 913. The Hall–Kier alpha value is -2.35. The van der Waals surface area contributed by atoms with Gasteiger partial charge in [-0.1, -0.05) is 29.5 Å². The van der Waals surface area contributed by atoms with Crippen molar-refractivity contribution in [3.63, 3.8) is 0 Å². The molecule has 0 amide bonds. The summed E-state index contributed by atoms with van der Waals surface area (Å²) in [5.41, 5.74) is 5.07. The smallest absolute Gasteiger partial charge is 0.293 e. The maximum atomic E-state index is 13.1. The third kappa shape index (κ3) is 4.68. The zero-order valence-electron chi connectivity index (χ0n) is 15.2. The molecule has 0 N–H and O–H groups in total. The summed E-state index contributed by atoms with van der Waals surface area (Å²) in [4.78, 5) is 3.90. The van der Waals surface area contributed by atoms with Crippen LogP contribution in [0.25, 0.3) is 11.4 Å². The number of aryl methyl sites for hydroxylation is 3. The third-order valence-corrected chi connectivity index (χ3v) is 5.17.